The Morgan fingerprint density at radius 1 is 1.09 bits per heavy atom. The highest BCUT2D eigenvalue weighted by Gasteiger charge is 2.15. The number of rotatable bonds is 3. The molecule has 3 aromatic rings. The average molecular weight is 307 g/mol. The molecule has 0 saturated heterocycles. The van der Waals surface area contributed by atoms with Crippen LogP contribution in [0.15, 0.2) is 59.0 Å². The van der Waals surface area contributed by atoms with Gasteiger partial charge in [-0.15, -0.1) is 5.10 Å². The molecule has 0 unspecified atom stereocenters. The molecule has 1 aromatic carbocycles. The van der Waals surface area contributed by atoms with E-state index >= 15 is 0 Å². The van der Waals surface area contributed by atoms with Gasteiger partial charge in [0, 0.05) is 11.6 Å². The first-order valence-corrected chi connectivity index (χ1v) is 7.24. The summed E-state index contributed by atoms with van der Waals surface area (Å²) in [6, 6.07) is 12.3. The first-order valence-electron chi connectivity index (χ1n) is 7.24. The molecule has 0 fully saturated rings. The fourth-order valence-electron chi connectivity index (χ4n) is 2.52. The molecule has 4 N–H and O–H groups in total. The van der Waals surface area contributed by atoms with Crippen LogP contribution < -0.4 is 15.9 Å². The predicted octanol–water partition coefficient (Wildman–Crippen LogP) is 1.35. The second kappa shape index (κ2) is 5.92. The summed E-state index contributed by atoms with van der Waals surface area (Å²) in [6.45, 7) is 2.09. The fourth-order valence-corrected chi connectivity index (χ4v) is 2.52. The molecule has 0 atom stereocenters. The Kier molecular flexibility index (Phi) is 3.80. The van der Waals surface area contributed by atoms with Gasteiger partial charge in [0.2, 0.25) is 5.96 Å². The van der Waals surface area contributed by atoms with Crippen LogP contribution in [0.3, 0.4) is 0 Å². The Labute approximate surface area is 134 Å². The molecule has 6 heteroatoms. The number of nitrogens with zero attached hydrogens (tertiary/aromatic N) is 4. The van der Waals surface area contributed by atoms with Crippen molar-refractivity contribution in [1.29, 1.82) is 0 Å². The van der Waals surface area contributed by atoms with E-state index in [9.17, 15) is 0 Å². The summed E-state index contributed by atoms with van der Waals surface area (Å²) in [5, 5.41) is 7.40. The van der Waals surface area contributed by atoms with Gasteiger partial charge in [-0.25, -0.2) is 8.97 Å². The summed E-state index contributed by atoms with van der Waals surface area (Å²) in [5.74, 6) is -0.0549. The highest BCUT2D eigenvalue weighted by atomic mass is 15.3. The van der Waals surface area contributed by atoms with Crippen LogP contribution in [-0.4, -0.2) is 16.7 Å². The van der Waals surface area contributed by atoms with Crippen molar-refractivity contribution < 1.29 is 4.40 Å². The maximum atomic E-state index is 5.23. The zero-order valence-electron chi connectivity index (χ0n) is 13.1. The van der Waals surface area contributed by atoms with Crippen molar-refractivity contribution in [3.63, 3.8) is 0 Å². The van der Waals surface area contributed by atoms with Crippen molar-refractivity contribution in [2.45, 2.75) is 6.92 Å². The quantitative estimate of drug-likeness (QED) is 0.331. The number of imidazole rings is 1. The molecule has 3 rings (SSSR count). The van der Waals surface area contributed by atoms with Gasteiger partial charge in [-0.1, -0.05) is 12.1 Å². The van der Waals surface area contributed by atoms with Gasteiger partial charge in [0.25, 0.3) is 5.65 Å². The third kappa shape index (κ3) is 3.06. The zero-order valence-corrected chi connectivity index (χ0v) is 13.1. The lowest BCUT2D eigenvalue weighted by Crippen LogP contribution is -2.21. The smallest absolute Gasteiger partial charge is 0.286 e. The Bertz CT molecular complexity index is 899. The van der Waals surface area contributed by atoms with Crippen molar-refractivity contribution >= 4 is 17.8 Å². The van der Waals surface area contributed by atoms with Crippen molar-refractivity contribution in [2.24, 2.45) is 28.7 Å². The van der Waals surface area contributed by atoms with Crippen LogP contribution in [0.2, 0.25) is 0 Å². The summed E-state index contributed by atoms with van der Waals surface area (Å²) < 4.78 is 4.31. The van der Waals surface area contributed by atoms with Crippen molar-refractivity contribution in [3.05, 3.63) is 59.9 Å². The number of hydrogen-bond donors (Lipinski definition) is 2. The number of aromatic nitrogens is 2. The van der Waals surface area contributed by atoms with Crippen molar-refractivity contribution in [3.8, 4) is 11.3 Å². The molecular formula is C17H19N6+. The minimum Gasteiger partial charge on any atom is -0.369 e. The Balaban J connectivity index is 1.95. The molecule has 0 spiro atoms. The highest BCUT2D eigenvalue weighted by Crippen LogP contribution is 2.20. The number of fused-ring (bicyclic) bond motifs is 1. The van der Waals surface area contributed by atoms with Crippen LogP contribution in [0, 0.1) is 6.92 Å². The van der Waals surface area contributed by atoms with Crippen LogP contribution in [0.1, 0.15) is 11.1 Å². The highest BCUT2D eigenvalue weighted by molar-refractivity contribution is 5.82. The Morgan fingerprint density at radius 3 is 2.52 bits per heavy atom. The molecule has 0 saturated carbocycles. The maximum absolute atomic E-state index is 5.23. The van der Waals surface area contributed by atoms with E-state index in [4.69, 9.17) is 11.5 Å². The van der Waals surface area contributed by atoms with Crippen LogP contribution in [0.5, 0.6) is 0 Å². The third-order valence-electron chi connectivity index (χ3n) is 3.66. The summed E-state index contributed by atoms with van der Waals surface area (Å²) in [6.07, 6.45) is 5.86. The van der Waals surface area contributed by atoms with Gasteiger partial charge in [-0.2, -0.15) is 5.10 Å². The molecule has 0 amide bonds. The lowest BCUT2D eigenvalue weighted by molar-refractivity contribution is -0.510. The van der Waals surface area contributed by atoms with E-state index in [2.05, 4.69) is 69.8 Å². The summed E-state index contributed by atoms with van der Waals surface area (Å²) in [5.41, 5.74) is 16.0. The van der Waals surface area contributed by atoms with E-state index in [-0.39, 0.29) is 5.96 Å². The number of benzene rings is 1. The van der Waals surface area contributed by atoms with Gasteiger partial charge in [0.15, 0.2) is 5.69 Å². The normalized spacial score (nSPS) is 11.2. The van der Waals surface area contributed by atoms with Crippen LogP contribution >= 0.6 is 0 Å². The summed E-state index contributed by atoms with van der Waals surface area (Å²) in [4.78, 5) is 0. The second-order valence-electron chi connectivity index (χ2n) is 5.44. The molecule has 2 heterocycles. The molecule has 23 heavy (non-hydrogen) atoms. The molecule has 6 nitrogen and oxygen atoms in total. The summed E-state index contributed by atoms with van der Waals surface area (Å²) in [7, 11) is 2.06. The number of guanidine groups is 1. The van der Waals surface area contributed by atoms with Gasteiger partial charge >= 0.3 is 0 Å². The minimum absolute atomic E-state index is 0.0549. The number of hydrogen-bond acceptors (Lipinski definition) is 2. The van der Waals surface area contributed by atoms with Crippen LogP contribution in [0.25, 0.3) is 16.9 Å². The van der Waals surface area contributed by atoms with E-state index < -0.39 is 0 Å². The number of aryl methyl sites for hydroxylation is 2. The second-order valence-corrected chi connectivity index (χ2v) is 5.44. The van der Waals surface area contributed by atoms with Gasteiger partial charge in [-0.3, -0.25) is 0 Å². The van der Waals surface area contributed by atoms with Gasteiger partial charge in [0.1, 0.15) is 6.20 Å². The fraction of sp³-hybridized carbons (Fsp3) is 0.118. The van der Waals surface area contributed by atoms with Crippen LogP contribution in [0.4, 0.5) is 0 Å². The van der Waals surface area contributed by atoms with E-state index in [1.54, 1.807) is 6.21 Å². The minimum atomic E-state index is -0.0549. The third-order valence-corrected chi connectivity index (χ3v) is 3.66. The molecule has 116 valence electrons. The maximum Gasteiger partial charge on any atom is 0.286 e. The molecule has 0 aliphatic heterocycles. The lowest BCUT2D eigenvalue weighted by Gasteiger charge is -1.98. The number of pyridine rings is 1. The zero-order chi connectivity index (χ0) is 16.4. The SMILES string of the molecule is Cc1ccc2n(C)c(-c3ccc(/C=N/N=C(N)N)cc3)c[n+]2c1. The van der Waals surface area contributed by atoms with Gasteiger partial charge in [0.05, 0.1) is 19.5 Å². The topological polar surface area (TPSA) is 85.8 Å². The first-order chi connectivity index (χ1) is 11.0. The molecule has 0 aliphatic carbocycles. The molecule has 0 radical (unpaired) electrons. The number of nitrogens with two attached hydrogens (primary N) is 2. The monoisotopic (exact) mass is 307 g/mol. The first kappa shape index (κ1) is 14.8. The van der Waals surface area contributed by atoms with E-state index in [0.717, 1.165) is 22.5 Å². The van der Waals surface area contributed by atoms with Gasteiger partial charge < -0.3 is 11.5 Å². The molecule has 0 bridgehead atoms. The average Bonchev–Trinajstić information content (AvgIpc) is 2.84. The van der Waals surface area contributed by atoms with Crippen LogP contribution in [-0.2, 0) is 7.05 Å². The molecule has 0 aliphatic rings. The van der Waals surface area contributed by atoms with Crippen molar-refractivity contribution in [2.75, 3.05) is 0 Å². The molecular weight excluding hydrogens is 288 g/mol. The van der Waals surface area contributed by atoms with E-state index in [1.807, 2.05) is 12.1 Å². The van der Waals surface area contributed by atoms with E-state index in [0.29, 0.717) is 0 Å². The van der Waals surface area contributed by atoms with Gasteiger partial charge in [-0.05, 0) is 36.2 Å². The van der Waals surface area contributed by atoms with E-state index in [1.165, 1.54) is 5.56 Å². The Morgan fingerprint density at radius 2 is 1.83 bits per heavy atom. The Hall–Kier alpha value is -3.15. The largest absolute Gasteiger partial charge is 0.369 e. The standard InChI is InChI=1S/C17H19N6/c1-12-3-8-16-22(2)15(11-23(16)10-12)14-6-4-13(5-7-14)9-20-21-17(18)19/h3-11H,1-2H3,(H4,18,19,21)/q+1/b20-9+. The predicted molar refractivity (Wildman–Crippen MR) is 92.1 cm³/mol. The van der Waals surface area contributed by atoms with Crippen molar-refractivity contribution in [1.82, 2.24) is 4.57 Å². The summed E-state index contributed by atoms with van der Waals surface area (Å²) >= 11 is 0. The lowest BCUT2D eigenvalue weighted by atomic mass is 10.1. The molecule has 2 aromatic heterocycles.